The summed E-state index contributed by atoms with van der Waals surface area (Å²) in [6.45, 7) is 5.71. The average Bonchev–Trinajstić information content (AvgIpc) is 2.32. The van der Waals surface area contributed by atoms with Crippen LogP contribution in [0, 0.1) is 0 Å². The molecule has 0 aromatic carbocycles. The third kappa shape index (κ3) is 2.85. The lowest BCUT2D eigenvalue weighted by Gasteiger charge is -2.45. The Morgan fingerprint density at radius 1 is 1.45 bits per heavy atom. The molecule has 6 heteroatoms. The highest BCUT2D eigenvalue weighted by Gasteiger charge is 2.49. The monoisotopic (exact) mass is 280 g/mol. The fourth-order valence-electron chi connectivity index (χ4n) is 2.10. The lowest BCUT2D eigenvalue weighted by atomic mass is 9.89. The van der Waals surface area contributed by atoms with E-state index >= 15 is 0 Å². The molecule has 1 aromatic rings. The van der Waals surface area contributed by atoms with Crippen LogP contribution in [0.25, 0.3) is 0 Å². The summed E-state index contributed by atoms with van der Waals surface area (Å²) in [5, 5.41) is 10.5. The van der Waals surface area contributed by atoms with Gasteiger partial charge in [0.2, 0.25) is 0 Å². The molecule has 1 aliphatic heterocycles. The quantitative estimate of drug-likeness (QED) is 0.889. The van der Waals surface area contributed by atoms with Crippen LogP contribution in [0.3, 0.4) is 0 Å². The maximum atomic E-state index is 11.9. The van der Waals surface area contributed by atoms with Crippen LogP contribution in [-0.4, -0.2) is 46.9 Å². The van der Waals surface area contributed by atoms with Crippen LogP contribution in [0.15, 0.2) is 18.3 Å². The van der Waals surface area contributed by atoms with Gasteiger partial charge in [0.15, 0.2) is 0 Å². The normalized spacial score (nSPS) is 17.4. The highest BCUT2D eigenvalue weighted by Crippen LogP contribution is 2.36. The summed E-state index contributed by atoms with van der Waals surface area (Å²) in [6, 6.07) is 3.46. The minimum atomic E-state index is -1.18. The summed E-state index contributed by atoms with van der Waals surface area (Å²) >= 11 is 0. The van der Waals surface area contributed by atoms with Gasteiger partial charge in [-0.25, -0.2) is 4.79 Å². The SMILES string of the molecule is COc1cccnc1C1(O)CN(C(=O)OC(C)(C)C)C1. The van der Waals surface area contributed by atoms with Crippen LogP contribution in [-0.2, 0) is 10.3 Å². The molecule has 6 nitrogen and oxygen atoms in total. The summed E-state index contributed by atoms with van der Waals surface area (Å²) in [7, 11) is 1.52. The van der Waals surface area contributed by atoms with Crippen molar-refractivity contribution in [2.24, 2.45) is 0 Å². The molecule has 1 aliphatic rings. The smallest absolute Gasteiger partial charge is 0.410 e. The van der Waals surface area contributed by atoms with Crippen molar-refractivity contribution < 1.29 is 19.4 Å². The van der Waals surface area contributed by atoms with Crippen molar-refractivity contribution in [2.75, 3.05) is 20.2 Å². The Morgan fingerprint density at radius 3 is 2.65 bits per heavy atom. The number of methoxy groups -OCH3 is 1. The third-order valence-corrected chi connectivity index (χ3v) is 2.99. The zero-order valence-electron chi connectivity index (χ0n) is 12.2. The predicted molar refractivity (Wildman–Crippen MR) is 72.5 cm³/mol. The van der Waals surface area contributed by atoms with Gasteiger partial charge in [0.1, 0.15) is 22.6 Å². The highest BCUT2D eigenvalue weighted by molar-refractivity contribution is 5.70. The predicted octanol–water partition coefficient (Wildman–Crippen LogP) is 1.53. The van der Waals surface area contributed by atoms with Crippen LogP contribution in [0.2, 0.25) is 0 Å². The number of likely N-dealkylation sites (tertiary alicyclic amines) is 1. The van der Waals surface area contributed by atoms with Crippen molar-refractivity contribution in [1.29, 1.82) is 0 Å². The Bertz CT molecular complexity index is 504. The van der Waals surface area contributed by atoms with Crippen LogP contribution in [0.5, 0.6) is 5.75 Å². The number of hydrogen-bond donors (Lipinski definition) is 1. The summed E-state index contributed by atoms with van der Waals surface area (Å²) in [5.41, 5.74) is -1.28. The standard InChI is InChI=1S/C14H20N2O4/c1-13(2,3)20-12(17)16-8-14(18,9-16)11-10(19-4)6-5-7-15-11/h5-7,18H,8-9H2,1-4H3. The number of ether oxygens (including phenoxy) is 2. The number of carbonyl (C=O) groups is 1. The van der Waals surface area contributed by atoms with Crippen LogP contribution < -0.4 is 4.74 Å². The maximum absolute atomic E-state index is 11.9. The summed E-state index contributed by atoms with van der Waals surface area (Å²) in [4.78, 5) is 17.5. The Hall–Kier alpha value is -1.82. The van der Waals surface area contributed by atoms with E-state index < -0.39 is 17.3 Å². The molecule has 2 rings (SSSR count). The van der Waals surface area contributed by atoms with Gasteiger partial charge < -0.3 is 19.5 Å². The van der Waals surface area contributed by atoms with E-state index in [0.29, 0.717) is 11.4 Å². The minimum Gasteiger partial charge on any atom is -0.495 e. The molecular weight excluding hydrogens is 260 g/mol. The Kier molecular flexibility index (Phi) is 3.60. The number of carbonyl (C=O) groups excluding carboxylic acids is 1. The molecule has 1 aromatic heterocycles. The Balaban J connectivity index is 2.06. The van der Waals surface area contributed by atoms with Gasteiger partial charge in [-0.05, 0) is 32.9 Å². The second-order valence-electron chi connectivity index (χ2n) is 5.92. The first-order valence-electron chi connectivity index (χ1n) is 6.45. The molecule has 0 unspecified atom stereocenters. The van der Waals surface area contributed by atoms with E-state index in [1.807, 2.05) is 0 Å². The molecule has 0 spiro atoms. The molecule has 2 heterocycles. The molecule has 20 heavy (non-hydrogen) atoms. The number of β-amino-alcohol motifs (C(OH)–C–C–N with tert-alkyl or cyclic N) is 1. The van der Waals surface area contributed by atoms with Crippen LogP contribution >= 0.6 is 0 Å². The topological polar surface area (TPSA) is 71.9 Å². The van der Waals surface area contributed by atoms with Gasteiger partial charge in [0, 0.05) is 6.20 Å². The largest absolute Gasteiger partial charge is 0.495 e. The van der Waals surface area contributed by atoms with E-state index in [2.05, 4.69) is 4.98 Å². The van der Waals surface area contributed by atoms with Crippen LogP contribution in [0.1, 0.15) is 26.5 Å². The maximum Gasteiger partial charge on any atom is 0.410 e. The van der Waals surface area contributed by atoms with Gasteiger partial charge in [0.25, 0.3) is 0 Å². The van der Waals surface area contributed by atoms with Gasteiger partial charge in [-0.2, -0.15) is 0 Å². The van der Waals surface area contributed by atoms with Crippen molar-refractivity contribution in [2.45, 2.75) is 32.0 Å². The third-order valence-electron chi connectivity index (χ3n) is 2.99. The van der Waals surface area contributed by atoms with Crippen molar-refractivity contribution in [1.82, 2.24) is 9.88 Å². The van der Waals surface area contributed by atoms with Gasteiger partial charge in [-0.3, -0.25) is 4.98 Å². The van der Waals surface area contributed by atoms with Gasteiger partial charge >= 0.3 is 6.09 Å². The number of rotatable bonds is 2. The number of nitrogens with zero attached hydrogens (tertiary/aromatic N) is 2. The molecule has 0 atom stereocenters. The molecular formula is C14H20N2O4. The van der Waals surface area contributed by atoms with Crippen molar-refractivity contribution in [3.8, 4) is 5.75 Å². The van der Waals surface area contributed by atoms with E-state index in [1.54, 1.807) is 39.1 Å². The number of amides is 1. The van der Waals surface area contributed by atoms with Crippen molar-refractivity contribution in [3.63, 3.8) is 0 Å². The second-order valence-corrected chi connectivity index (χ2v) is 5.92. The van der Waals surface area contributed by atoms with E-state index in [0.717, 1.165) is 0 Å². The van der Waals surface area contributed by atoms with Gasteiger partial charge in [0.05, 0.1) is 20.2 Å². The summed E-state index contributed by atoms with van der Waals surface area (Å²) in [6.07, 6.45) is 1.16. The zero-order valence-corrected chi connectivity index (χ0v) is 12.2. The molecule has 1 N–H and O–H groups in total. The first kappa shape index (κ1) is 14.6. The number of hydrogen-bond acceptors (Lipinski definition) is 5. The molecule has 0 aliphatic carbocycles. The lowest BCUT2D eigenvalue weighted by Crippen LogP contribution is -2.62. The number of pyridine rings is 1. The lowest BCUT2D eigenvalue weighted by molar-refractivity contribution is -0.107. The molecule has 0 radical (unpaired) electrons. The van der Waals surface area contributed by atoms with Crippen LogP contribution in [0.4, 0.5) is 4.79 Å². The van der Waals surface area contributed by atoms with Crippen molar-refractivity contribution in [3.05, 3.63) is 24.0 Å². The average molecular weight is 280 g/mol. The van der Waals surface area contributed by atoms with Crippen molar-refractivity contribution >= 4 is 6.09 Å². The summed E-state index contributed by atoms with van der Waals surface area (Å²) in [5.74, 6) is 0.513. The molecule has 110 valence electrons. The molecule has 1 saturated heterocycles. The molecule has 0 saturated carbocycles. The fraction of sp³-hybridized carbons (Fsp3) is 0.571. The Labute approximate surface area is 118 Å². The van der Waals surface area contributed by atoms with E-state index in [9.17, 15) is 9.90 Å². The highest BCUT2D eigenvalue weighted by atomic mass is 16.6. The van der Waals surface area contributed by atoms with E-state index in [1.165, 1.54) is 12.0 Å². The fourth-order valence-corrected chi connectivity index (χ4v) is 2.10. The number of aliphatic hydroxyl groups is 1. The number of aromatic nitrogens is 1. The molecule has 0 bridgehead atoms. The van der Waals surface area contributed by atoms with Gasteiger partial charge in [-0.15, -0.1) is 0 Å². The first-order valence-corrected chi connectivity index (χ1v) is 6.45. The second kappa shape index (κ2) is 4.94. The zero-order chi connectivity index (χ0) is 15.0. The molecule has 1 fully saturated rings. The van der Waals surface area contributed by atoms with E-state index in [4.69, 9.17) is 9.47 Å². The summed E-state index contributed by atoms with van der Waals surface area (Å²) < 4.78 is 10.4. The first-order chi connectivity index (χ1) is 9.25. The Morgan fingerprint density at radius 2 is 2.10 bits per heavy atom. The van der Waals surface area contributed by atoms with Gasteiger partial charge in [-0.1, -0.05) is 0 Å². The molecule has 1 amide bonds. The van der Waals surface area contributed by atoms with E-state index in [-0.39, 0.29) is 13.1 Å². The minimum absolute atomic E-state index is 0.148.